The van der Waals surface area contributed by atoms with Crippen molar-refractivity contribution >= 4 is 38.3 Å². The number of carboxylic acids is 1. The molecule has 2 rings (SSSR count). The minimum Gasteiger partial charge on any atom is -0.481 e. The number of urea groups is 1. The van der Waals surface area contributed by atoms with Gasteiger partial charge in [0, 0.05) is 12.8 Å². The second-order valence-corrected chi connectivity index (χ2v) is 8.91. The molecule has 1 heterocycles. The fourth-order valence-electron chi connectivity index (χ4n) is 2.13. The number of carboxylic acid groups (broad SMARTS) is 1. The summed E-state index contributed by atoms with van der Waals surface area (Å²) in [5.41, 5.74) is 0.962. The second kappa shape index (κ2) is 8.01. The van der Waals surface area contributed by atoms with Crippen molar-refractivity contribution in [2.75, 3.05) is 18.1 Å². The van der Waals surface area contributed by atoms with Crippen molar-refractivity contribution in [1.29, 1.82) is 0 Å². The standard InChI is InChI=1S/C16H18FN3O5S2/c1-8(14(21)22)7-18-15(23)20-16-19-9(2)13(26-16)10-4-5-12(11(17)6-10)27(3,24)25/h4-6,8H,7H2,1-3H3,(H,21,22)(H2,18,19,20,23). The van der Waals surface area contributed by atoms with Gasteiger partial charge in [-0.05, 0) is 24.6 Å². The lowest BCUT2D eigenvalue weighted by atomic mass is 10.1. The van der Waals surface area contributed by atoms with Gasteiger partial charge in [0.2, 0.25) is 0 Å². The van der Waals surface area contributed by atoms with Crippen LogP contribution in [0.4, 0.5) is 14.3 Å². The topological polar surface area (TPSA) is 125 Å². The number of aryl methyl sites for hydroxylation is 1. The Labute approximate surface area is 159 Å². The summed E-state index contributed by atoms with van der Waals surface area (Å²) in [5, 5.41) is 14.0. The van der Waals surface area contributed by atoms with E-state index in [4.69, 9.17) is 5.11 Å². The SMILES string of the molecule is Cc1nc(NC(=O)NCC(C)C(=O)O)sc1-c1ccc(S(C)(=O)=O)c(F)c1. The van der Waals surface area contributed by atoms with Crippen LogP contribution in [0, 0.1) is 18.7 Å². The van der Waals surface area contributed by atoms with Crippen LogP contribution in [0.25, 0.3) is 10.4 Å². The highest BCUT2D eigenvalue weighted by atomic mass is 32.2. The summed E-state index contributed by atoms with van der Waals surface area (Å²) in [6.45, 7) is 3.09. The summed E-state index contributed by atoms with van der Waals surface area (Å²) in [6, 6.07) is 3.15. The molecule has 0 saturated carbocycles. The molecule has 3 N–H and O–H groups in total. The number of aromatic nitrogens is 1. The Hall–Kier alpha value is -2.53. The van der Waals surface area contributed by atoms with Gasteiger partial charge in [-0.25, -0.2) is 22.6 Å². The van der Waals surface area contributed by atoms with Crippen molar-refractivity contribution in [3.05, 3.63) is 29.7 Å². The van der Waals surface area contributed by atoms with Gasteiger partial charge in [-0.15, -0.1) is 0 Å². The van der Waals surface area contributed by atoms with Crippen molar-refractivity contribution in [3.8, 4) is 10.4 Å². The maximum Gasteiger partial charge on any atom is 0.321 e. The summed E-state index contributed by atoms with van der Waals surface area (Å²) in [5.74, 6) is -2.62. The minimum atomic E-state index is -3.67. The van der Waals surface area contributed by atoms with Crippen molar-refractivity contribution in [1.82, 2.24) is 10.3 Å². The monoisotopic (exact) mass is 415 g/mol. The number of nitrogens with one attached hydrogen (secondary N) is 2. The van der Waals surface area contributed by atoms with Gasteiger partial charge in [0.1, 0.15) is 10.7 Å². The highest BCUT2D eigenvalue weighted by Gasteiger charge is 2.18. The van der Waals surface area contributed by atoms with E-state index in [9.17, 15) is 22.4 Å². The first-order chi connectivity index (χ1) is 12.5. The van der Waals surface area contributed by atoms with Crippen LogP contribution in [-0.4, -0.2) is 43.3 Å². The molecule has 1 atom stereocenters. The number of benzene rings is 1. The molecule has 0 spiro atoms. The Morgan fingerprint density at radius 1 is 1.37 bits per heavy atom. The van der Waals surface area contributed by atoms with Crippen LogP contribution in [0.1, 0.15) is 12.6 Å². The number of nitrogens with zero attached hydrogens (tertiary/aromatic N) is 1. The number of anilines is 1. The maximum atomic E-state index is 14.1. The smallest absolute Gasteiger partial charge is 0.321 e. The van der Waals surface area contributed by atoms with Gasteiger partial charge in [0.15, 0.2) is 15.0 Å². The molecule has 146 valence electrons. The van der Waals surface area contributed by atoms with E-state index in [0.29, 0.717) is 16.1 Å². The third-order valence-electron chi connectivity index (χ3n) is 3.60. The highest BCUT2D eigenvalue weighted by Crippen LogP contribution is 2.34. The van der Waals surface area contributed by atoms with E-state index in [1.807, 2.05) is 0 Å². The summed E-state index contributed by atoms with van der Waals surface area (Å²) in [6.07, 6.45) is 0.925. The molecule has 0 aliphatic carbocycles. The van der Waals surface area contributed by atoms with Crippen LogP contribution in [-0.2, 0) is 14.6 Å². The molecule has 1 unspecified atom stereocenters. The molecule has 0 aliphatic rings. The zero-order valence-electron chi connectivity index (χ0n) is 14.7. The summed E-state index contributed by atoms with van der Waals surface area (Å²) in [4.78, 5) is 26.9. The van der Waals surface area contributed by atoms with Crippen LogP contribution in [0.15, 0.2) is 23.1 Å². The zero-order chi connectivity index (χ0) is 20.4. The zero-order valence-corrected chi connectivity index (χ0v) is 16.4. The third-order valence-corrected chi connectivity index (χ3v) is 5.85. The quantitative estimate of drug-likeness (QED) is 0.666. The number of hydrogen-bond donors (Lipinski definition) is 3. The number of halogens is 1. The molecule has 0 saturated heterocycles. The largest absolute Gasteiger partial charge is 0.481 e. The average Bonchev–Trinajstić information content (AvgIpc) is 2.91. The van der Waals surface area contributed by atoms with E-state index < -0.39 is 38.5 Å². The number of carbonyl (C=O) groups is 2. The first-order valence-corrected chi connectivity index (χ1v) is 10.4. The van der Waals surface area contributed by atoms with E-state index in [1.54, 1.807) is 6.92 Å². The highest BCUT2D eigenvalue weighted by molar-refractivity contribution is 7.90. The van der Waals surface area contributed by atoms with Gasteiger partial charge in [0.05, 0.1) is 16.5 Å². The van der Waals surface area contributed by atoms with Crippen LogP contribution in [0.2, 0.25) is 0 Å². The van der Waals surface area contributed by atoms with Crippen molar-refractivity contribution in [3.63, 3.8) is 0 Å². The molecule has 0 fully saturated rings. The molecule has 2 aromatic rings. The molecule has 0 radical (unpaired) electrons. The summed E-state index contributed by atoms with van der Waals surface area (Å²) < 4.78 is 37.1. The number of carbonyl (C=O) groups excluding carboxylic acids is 1. The average molecular weight is 415 g/mol. The predicted molar refractivity (Wildman–Crippen MR) is 99.2 cm³/mol. The fraction of sp³-hybridized carbons (Fsp3) is 0.312. The number of hydrogen-bond acceptors (Lipinski definition) is 6. The minimum absolute atomic E-state index is 0.0451. The number of thiazole rings is 1. The Morgan fingerprint density at radius 3 is 2.59 bits per heavy atom. The Kier molecular flexibility index (Phi) is 6.16. The number of aliphatic carboxylic acids is 1. The van der Waals surface area contributed by atoms with E-state index in [2.05, 4.69) is 15.6 Å². The third kappa shape index (κ3) is 5.23. The van der Waals surface area contributed by atoms with Gasteiger partial charge in [-0.3, -0.25) is 10.1 Å². The molecule has 2 amide bonds. The number of rotatable bonds is 6. The van der Waals surface area contributed by atoms with Crippen molar-refractivity contribution in [2.24, 2.45) is 5.92 Å². The van der Waals surface area contributed by atoms with Crippen LogP contribution >= 0.6 is 11.3 Å². The molecular formula is C16H18FN3O5S2. The van der Waals surface area contributed by atoms with Gasteiger partial charge < -0.3 is 10.4 Å². The van der Waals surface area contributed by atoms with Gasteiger partial charge in [0.25, 0.3) is 0 Å². The van der Waals surface area contributed by atoms with Crippen molar-refractivity contribution in [2.45, 2.75) is 18.7 Å². The van der Waals surface area contributed by atoms with Crippen LogP contribution in [0.3, 0.4) is 0 Å². The Balaban J connectivity index is 2.16. The predicted octanol–water partition coefficient (Wildman–Crippen LogP) is 2.50. The molecule has 11 heteroatoms. The maximum absolute atomic E-state index is 14.1. The lowest BCUT2D eigenvalue weighted by Gasteiger charge is -2.08. The van der Waals surface area contributed by atoms with Gasteiger partial charge in [-0.2, -0.15) is 0 Å². The summed E-state index contributed by atoms with van der Waals surface area (Å²) >= 11 is 1.09. The molecule has 0 aliphatic heterocycles. The molecule has 1 aromatic carbocycles. The fourth-order valence-corrected chi connectivity index (χ4v) is 3.82. The van der Waals surface area contributed by atoms with Gasteiger partial charge in [-0.1, -0.05) is 24.3 Å². The Bertz CT molecular complexity index is 988. The normalized spacial score (nSPS) is 12.4. The van der Waals surface area contributed by atoms with E-state index in [1.165, 1.54) is 19.1 Å². The first kappa shape index (κ1) is 20.8. The Morgan fingerprint density at radius 2 is 2.04 bits per heavy atom. The molecule has 1 aromatic heterocycles. The molecule has 0 bridgehead atoms. The van der Waals surface area contributed by atoms with Crippen LogP contribution in [0.5, 0.6) is 0 Å². The van der Waals surface area contributed by atoms with Crippen molar-refractivity contribution < 1.29 is 27.5 Å². The summed E-state index contributed by atoms with van der Waals surface area (Å²) in [7, 11) is -3.67. The first-order valence-electron chi connectivity index (χ1n) is 7.74. The molecular weight excluding hydrogens is 397 g/mol. The van der Waals surface area contributed by atoms with E-state index in [0.717, 1.165) is 23.7 Å². The number of sulfone groups is 1. The number of amides is 2. The molecule has 27 heavy (non-hydrogen) atoms. The van der Waals surface area contributed by atoms with Crippen LogP contribution < -0.4 is 10.6 Å². The lowest BCUT2D eigenvalue weighted by molar-refractivity contribution is -0.140. The van der Waals surface area contributed by atoms with E-state index >= 15 is 0 Å². The van der Waals surface area contributed by atoms with Gasteiger partial charge >= 0.3 is 12.0 Å². The lowest BCUT2D eigenvalue weighted by Crippen LogP contribution is -2.34. The second-order valence-electron chi connectivity index (χ2n) is 5.93. The molecule has 8 nitrogen and oxygen atoms in total. The van der Waals surface area contributed by atoms with E-state index in [-0.39, 0.29) is 11.7 Å².